The van der Waals surface area contributed by atoms with Crippen LogP contribution in [-0.2, 0) is 11.2 Å². The predicted octanol–water partition coefficient (Wildman–Crippen LogP) is 4.21. The summed E-state index contributed by atoms with van der Waals surface area (Å²) in [4.78, 5) is 31.3. The fourth-order valence-corrected chi connectivity index (χ4v) is 4.37. The molecule has 0 aliphatic carbocycles. The summed E-state index contributed by atoms with van der Waals surface area (Å²) < 4.78 is 33.6. The molecule has 37 heavy (non-hydrogen) atoms. The number of halogens is 2. The summed E-state index contributed by atoms with van der Waals surface area (Å²) in [5, 5.41) is 9.96. The van der Waals surface area contributed by atoms with Gasteiger partial charge in [-0.25, -0.2) is 13.6 Å². The van der Waals surface area contributed by atoms with Crippen molar-refractivity contribution >= 4 is 12.0 Å². The topological polar surface area (TPSA) is 100 Å². The van der Waals surface area contributed by atoms with Crippen LogP contribution >= 0.6 is 0 Å². The van der Waals surface area contributed by atoms with Crippen molar-refractivity contribution in [2.75, 3.05) is 13.7 Å². The molecule has 1 fully saturated rings. The van der Waals surface area contributed by atoms with Gasteiger partial charge in [0.25, 0.3) is 5.91 Å². The number of likely N-dealkylation sites (N-methyl/N-ethyl adjacent to an activating group) is 1. The third-order valence-corrected chi connectivity index (χ3v) is 6.34. The minimum atomic E-state index is -0.611. The lowest BCUT2D eigenvalue weighted by Gasteiger charge is -2.27. The van der Waals surface area contributed by atoms with Crippen LogP contribution in [0.4, 0.5) is 13.6 Å². The van der Waals surface area contributed by atoms with Crippen molar-refractivity contribution in [1.82, 2.24) is 25.4 Å². The number of H-pyrrole nitrogens is 1. The number of benzene rings is 2. The average molecular weight is 504 g/mol. The SMILES string of the molecule is CN1C(=O)OC[C@@H]1[C@@H](Cc1ccccn1)NC(=O)c1cccc(F)c1-c1cc(-c2ccc(F)cc2)n[nH]1. The van der Waals surface area contributed by atoms with E-state index in [4.69, 9.17) is 4.74 Å². The maximum Gasteiger partial charge on any atom is 0.410 e. The molecule has 2 N–H and O–H groups in total. The maximum absolute atomic E-state index is 15.1. The van der Waals surface area contributed by atoms with Crippen molar-refractivity contribution in [2.24, 2.45) is 0 Å². The summed E-state index contributed by atoms with van der Waals surface area (Å²) in [7, 11) is 1.60. The Bertz CT molecular complexity index is 1430. The van der Waals surface area contributed by atoms with Gasteiger partial charge in [0.15, 0.2) is 0 Å². The van der Waals surface area contributed by atoms with E-state index >= 15 is 4.39 Å². The zero-order valence-electron chi connectivity index (χ0n) is 19.8. The first-order chi connectivity index (χ1) is 17.9. The van der Waals surface area contributed by atoms with E-state index in [1.54, 1.807) is 37.5 Å². The summed E-state index contributed by atoms with van der Waals surface area (Å²) in [6, 6.07) is 16.0. The van der Waals surface area contributed by atoms with E-state index in [9.17, 15) is 14.0 Å². The van der Waals surface area contributed by atoms with Gasteiger partial charge < -0.3 is 15.0 Å². The molecule has 0 bridgehead atoms. The highest BCUT2D eigenvalue weighted by molar-refractivity contribution is 6.01. The first kappa shape index (κ1) is 24.1. The van der Waals surface area contributed by atoms with Crippen LogP contribution in [0.25, 0.3) is 22.5 Å². The molecule has 8 nitrogen and oxygen atoms in total. The fraction of sp³-hybridized carbons (Fsp3) is 0.185. The first-order valence-corrected chi connectivity index (χ1v) is 11.6. The number of ether oxygens (including phenoxy) is 1. The molecule has 0 radical (unpaired) electrons. The molecule has 1 aliphatic rings. The van der Waals surface area contributed by atoms with E-state index in [1.807, 2.05) is 12.1 Å². The molecule has 2 aromatic heterocycles. The van der Waals surface area contributed by atoms with Gasteiger partial charge in [-0.2, -0.15) is 5.10 Å². The van der Waals surface area contributed by atoms with Crippen LogP contribution < -0.4 is 5.32 Å². The van der Waals surface area contributed by atoms with Gasteiger partial charge >= 0.3 is 6.09 Å². The molecule has 5 rings (SSSR count). The number of amides is 2. The highest BCUT2D eigenvalue weighted by Crippen LogP contribution is 2.29. The molecule has 2 aromatic carbocycles. The van der Waals surface area contributed by atoms with Crippen LogP contribution in [0.15, 0.2) is 72.9 Å². The normalized spacial score (nSPS) is 15.9. The molecule has 1 aliphatic heterocycles. The third kappa shape index (κ3) is 5.04. The Balaban J connectivity index is 1.45. The highest BCUT2D eigenvalue weighted by atomic mass is 19.1. The third-order valence-electron chi connectivity index (χ3n) is 6.34. The van der Waals surface area contributed by atoms with E-state index in [0.29, 0.717) is 23.4 Å². The molecular formula is C27H23F2N5O3. The van der Waals surface area contributed by atoms with Crippen molar-refractivity contribution in [2.45, 2.75) is 18.5 Å². The monoisotopic (exact) mass is 503 g/mol. The van der Waals surface area contributed by atoms with Crippen LogP contribution in [0, 0.1) is 11.6 Å². The second-order valence-electron chi connectivity index (χ2n) is 8.70. The van der Waals surface area contributed by atoms with Gasteiger partial charge in [0, 0.05) is 36.5 Å². The lowest BCUT2D eigenvalue weighted by molar-refractivity contribution is 0.0916. The Labute approximate surface area is 211 Å². The molecule has 2 atom stereocenters. The van der Waals surface area contributed by atoms with E-state index in [0.717, 1.165) is 5.69 Å². The first-order valence-electron chi connectivity index (χ1n) is 11.6. The molecule has 4 aromatic rings. The lowest BCUT2D eigenvalue weighted by Crippen LogP contribution is -2.51. The quantitative estimate of drug-likeness (QED) is 0.394. The summed E-state index contributed by atoms with van der Waals surface area (Å²) >= 11 is 0. The summed E-state index contributed by atoms with van der Waals surface area (Å²) in [5.41, 5.74) is 2.26. The minimum Gasteiger partial charge on any atom is -0.447 e. The van der Waals surface area contributed by atoms with E-state index in [1.165, 1.54) is 35.2 Å². The number of aromatic nitrogens is 3. The number of rotatable bonds is 7. The minimum absolute atomic E-state index is 0.0459. The smallest absolute Gasteiger partial charge is 0.410 e. The fourth-order valence-electron chi connectivity index (χ4n) is 4.37. The Morgan fingerprint density at radius 1 is 1.16 bits per heavy atom. The Hall–Kier alpha value is -4.60. The number of hydrogen-bond donors (Lipinski definition) is 2. The molecule has 0 unspecified atom stereocenters. The van der Waals surface area contributed by atoms with Gasteiger partial charge in [-0.05, 0) is 54.6 Å². The lowest BCUT2D eigenvalue weighted by atomic mass is 9.99. The number of nitrogens with one attached hydrogen (secondary N) is 2. The van der Waals surface area contributed by atoms with Gasteiger partial charge in [-0.1, -0.05) is 12.1 Å². The Morgan fingerprint density at radius 3 is 2.68 bits per heavy atom. The van der Waals surface area contributed by atoms with Gasteiger partial charge in [-0.15, -0.1) is 0 Å². The average Bonchev–Trinajstić information content (AvgIpc) is 3.51. The number of hydrogen-bond acceptors (Lipinski definition) is 5. The van der Waals surface area contributed by atoms with E-state index in [2.05, 4.69) is 20.5 Å². The molecule has 0 saturated carbocycles. The molecule has 0 spiro atoms. The largest absolute Gasteiger partial charge is 0.447 e. The molecule has 2 amide bonds. The number of carbonyl (C=O) groups is 2. The van der Waals surface area contributed by atoms with Crippen molar-refractivity contribution in [3.63, 3.8) is 0 Å². The van der Waals surface area contributed by atoms with Gasteiger partial charge in [-0.3, -0.25) is 14.9 Å². The zero-order valence-corrected chi connectivity index (χ0v) is 19.8. The van der Waals surface area contributed by atoms with Gasteiger partial charge in [0.1, 0.15) is 18.2 Å². The standard InChI is InChI=1S/C27H23F2N5O3/c1-34-24(15-37-27(34)36)22(13-18-5-2-3-12-30-18)31-26(35)19-6-4-7-20(29)25(19)23-14-21(32-33-23)16-8-10-17(28)11-9-16/h2-12,14,22,24H,13,15H2,1H3,(H,31,35)(H,32,33)/t22-,24-/m1/s1. The van der Waals surface area contributed by atoms with Gasteiger partial charge in [0.2, 0.25) is 0 Å². The van der Waals surface area contributed by atoms with Crippen LogP contribution in [0.3, 0.4) is 0 Å². The second kappa shape index (κ2) is 10.2. The van der Waals surface area contributed by atoms with Crippen molar-refractivity contribution in [3.05, 3.63) is 95.8 Å². The maximum atomic E-state index is 15.1. The summed E-state index contributed by atoms with van der Waals surface area (Å²) in [5.74, 6) is -1.52. The number of carbonyl (C=O) groups excluding carboxylic acids is 2. The highest BCUT2D eigenvalue weighted by Gasteiger charge is 2.37. The number of pyridine rings is 1. The van der Waals surface area contributed by atoms with Crippen LogP contribution in [0.2, 0.25) is 0 Å². The molecule has 188 valence electrons. The molecule has 10 heteroatoms. The van der Waals surface area contributed by atoms with Crippen LogP contribution in [0.1, 0.15) is 16.1 Å². The molecule has 3 heterocycles. The number of aromatic amines is 1. The predicted molar refractivity (Wildman–Crippen MR) is 131 cm³/mol. The summed E-state index contributed by atoms with van der Waals surface area (Å²) in [6.45, 7) is 0.102. The van der Waals surface area contributed by atoms with E-state index < -0.39 is 29.9 Å². The number of nitrogens with zero attached hydrogens (tertiary/aromatic N) is 3. The van der Waals surface area contributed by atoms with Crippen LogP contribution in [-0.4, -0.2) is 57.8 Å². The Morgan fingerprint density at radius 2 is 1.97 bits per heavy atom. The van der Waals surface area contributed by atoms with Crippen molar-refractivity contribution in [1.29, 1.82) is 0 Å². The van der Waals surface area contributed by atoms with E-state index in [-0.39, 0.29) is 23.6 Å². The molecular weight excluding hydrogens is 480 g/mol. The number of cyclic esters (lactones) is 1. The van der Waals surface area contributed by atoms with Crippen LogP contribution in [0.5, 0.6) is 0 Å². The second-order valence-corrected chi connectivity index (χ2v) is 8.70. The zero-order chi connectivity index (χ0) is 25.9. The van der Waals surface area contributed by atoms with Crippen molar-refractivity contribution < 1.29 is 23.1 Å². The molecule has 1 saturated heterocycles. The van der Waals surface area contributed by atoms with Gasteiger partial charge in [0.05, 0.1) is 29.0 Å². The Kier molecular flexibility index (Phi) is 6.63. The van der Waals surface area contributed by atoms with Crippen molar-refractivity contribution in [3.8, 4) is 22.5 Å². The summed E-state index contributed by atoms with van der Waals surface area (Å²) in [6.07, 6.45) is 1.50.